The fraction of sp³-hybridized carbons (Fsp3) is 0.300. The molecule has 0 aliphatic carbocycles. The Kier molecular flexibility index (Phi) is 6.22. The zero-order valence-corrected chi connectivity index (χ0v) is 16.1. The van der Waals surface area contributed by atoms with Gasteiger partial charge in [-0.3, -0.25) is 4.79 Å². The maximum atomic E-state index is 12.8. The number of fused-ring (bicyclic) bond motifs is 1. The number of nitrogens with zero attached hydrogens (tertiary/aromatic N) is 1. The van der Waals surface area contributed by atoms with Crippen LogP contribution in [-0.2, 0) is 26.5 Å². The minimum Gasteiger partial charge on any atom is -0.467 e. The summed E-state index contributed by atoms with van der Waals surface area (Å²) in [5.41, 5.74) is 3.07. The van der Waals surface area contributed by atoms with Crippen LogP contribution in [0.2, 0.25) is 5.02 Å². The highest BCUT2D eigenvalue weighted by molar-refractivity contribution is 7.99. The van der Waals surface area contributed by atoms with Gasteiger partial charge in [0, 0.05) is 17.3 Å². The minimum atomic E-state index is -0.659. The highest BCUT2D eigenvalue weighted by atomic mass is 35.5. The number of rotatable bonds is 5. The quantitative estimate of drug-likeness (QED) is 0.728. The molecule has 0 radical (unpaired) electrons. The first-order valence-corrected chi connectivity index (χ1v) is 9.90. The standard InChI is InChI=1S/C20H20ClNO3S/c1-25-20(24)19-17-5-3-2-4-15(17)10-11-22(19)18(23)13-26-12-14-6-8-16(21)9-7-14/h2-9,19H,10-13H2,1H3/t19-/m1/s1. The lowest BCUT2D eigenvalue weighted by Crippen LogP contribution is -2.44. The van der Waals surface area contributed by atoms with Crippen molar-refractivity contribution in [3.05, 3.63) is 70.2 Å². The van der Waals surface area contributed by atoms with Crippen LogP contribution in [0.4, 0.5) is 0 Å². The molecule has 0 aromatic heterocycles. The first-order valence-electron chi connectivity index (χ1n) is 8.37. The van der Waals surface area contributed by atoms with Crippen LogP contribution in [0.1, 0.15) is 22.7 Å². The summed E-state index contributed by atoms with van der Waals surface area (Å²) in [4.78, 5) is 26.7. The first kappa shape index (κ1) is 18.8. The van der Waals surface area contributed by atoms with Gasteiger partial charge in [0.2, 0.25) is 5.91 Å². The van der Waals surface area contributed by atoms with Crippen LogP contribution in [0.25, 0.3) is 0 Å². The van der Waals surface area contributed by atoms with Crippen LogP contribution < -0.4 is 0 Å². The Hall–Kier alpha value is -1.98. The molecule has 0 unspecified atom stereocenters. The van der Waals surface area contributed by atoms with Crippen molar-refractivity contribution >= 4 is 35.2 Å². The van der Waals surface area contributed by atoms with Gasteiger partial charge < -0.3 is 9.64 Å². The van der Waals surface area contributed by atoms with E-state index < -0.39 is 12.0 Å². The summed E-state index contributed by atoms with van der Waals surface area (Å²) >= 11 is 7.42. The van der Waals surface area contributed by atoms with E-state index in [2.05, 4.69) is 0 Å². The van der Waals surface area contributed by atoms with Gasteiger partial charge in [-0.2, -0.15) is 0 Å². The number of thioether (sulfide) groups is 1. The molecule has 0 saturated heterocycles. The summed E-state index contributed by atoms with van der Waals surface area (Å²) in [6, 6.07) is 14.7. The largest absolute Gasteiger partial charge is 0.467 e. The summed E-state index contributed by atoms with van der Waals surface area (Å²) in [7, 11) is 1.36. The van der Waals surface area contributed by atoms with E-state index in [9.17, 15) is 9.59 Å². The zero-order valence-electron chi connectivity index (χ0n) is 14.5. The Balaban J connectivity index is 1.67. The molecule has 0 bridgehead atoms. The normalized spacial score (nSPS) is 16.1. The van der Waals surface area contributed by atoms with Crippen LogP contribution in [0.3, 0.4) is 0 Å². The third-order valence-corrected chi connectivity index (χ3v) is 5.68. The fourth-order valence-corrected chi connectivity index (χ4v) is 4.12. The number of methoxy groups -OCH3 is 1. The van der Waals surface area contributed by atoms with Crippen molar-refractivity contribution in [2.45, 2.75) is 18.2 Å². The van der Waals surface area contributed by atoms with Gasteiger partial charge in [-0.1, -0.05) is 48.0 Å². The van der Waals surface area contributed by atoms with Crippen LogP contribution in [0, 0.1) is 0 Å². The van der Waals surface area contributed by atoms with Crippen molar-refractivity contribution in [3.63, 3.8) is 0 Å². The lowest BCUT2D eigenvalue weighted by atomic mass is 9.92. The van der Waals surface area contributed by atoms with Gasteiger partial charge in [0.15, 0.2) is 6.04 Å². The van der Waals surface area contributed by atoms with Crippen molar-refractivity contribution < 1.29 is 14.3 Å². The Morgan fingerprint density at radius 3 is 2.65 bits per heavy atom. The number of benzene rings is 2. The molecule has 3 rings (SSSR count). The topological polar surface area (TPSA) is 46.6 Å². The van der Waals surface area contributed by atoms with Gasteiger partial charge in [0.05, 0.1) is 12.9 Å². The third-order valence-electron chi connectivity index (χ3n) is 4.44. The number of amides is 1. The Bertz CT molecular complexity index is 794. The van der Waals surface area contributed by atoms with Crippen LogP contribution in [0.15, 0.2) is 48.5 Å². The molecule has 1 aliphatic rings. The molecule has 2 aromatic carbocycles. The lowest BCUT2D eigenvalue weighted by molar-refractivity contribution is -0.153. The van der Waals surface area contributed by atoms with E-state index in [-0.39, 0.29) is 5.91 Å². The van der Waals surface area contributed by atoms with Gasteiger partial charge >= 0.3 is 5.97 Å². The Morgan fingerprint density at radius 2 is 1.92 bits per heavy atom. The Labute approximate surface area is 162 Å². The maximum Gasteiger partial charge on any atom is 0.333 e. The van der Waals surface area contributed by atoms with Crippen molar-refractivity contribution in [3.8, 4) is 0 Å². The summed E-state index contributed by atoms with van der Waals surface area (Å²) in [5.74, 6) is 0.594. The summed E-state index contributed by atoms with van der Waals surface area (Å²) < 4.78 is 4.96. The predicted octanol–water partition coefficient (Wildman–Crippen LogP) is 3.87. The van der Waals surface area contributed by atoms with E-state index in [1.807, 2.05) is 48.5 Å². The molecular weight excluding hydrogens is 370 g/mol. The monoisotopic (exact) mass is 389 g/mol. The number of hydrogen-bond acceptors (Lipinski definition) is 4. The highest BCUT2D eigenvalue weighted by Crippen LogP contribution is 2.31. The van der Waals surface area contributed by atoms with Crippen molar-refractivity contribution in [1.29, 1.82) is 0 Å². The highest BCUT2D eigenvalue weighted by Gasteiger charge is 2.36. The fourth-order valence-electron chi connectivity index (χ4n) is 3.12. The molecule has 136 valence electrons. The average molecular weight is 390 g/mol. The molecule has 0 fully saturated rings. The molecule has 0 saturated carbocycles. The molecular formula is C20H20ClNO3S. The summed E-state index contributed by atoms with van der Waals surface area (Å²) in [5, 5.41) is 0.697. The summed E-state index contributed by atoms with van der Waals surface area (Å²) in [6.07, 6.45) is 0.747. The van der Waals surface area contributed by atoms with E-state index in [1.54, 1.807) is 4.90 Å². The van der Waals surface area contributed by atoms with Crippen molar-refractivity contribution in [2.75, 3.05) is 19.4 Å². The second kappa shape index (κ2) is 8.60. The average Bonchev–Trinajstić information content (AvgIpc) is 2.67. The molecule has 1 aliphatic heterocycles. The predicted molar refractivity (Wildman–Crippen MR) is 104 cm³/mol. The first-order chi connectivity index (χ1) is 12.6. The number of carbonyl (C=O) groups excluding carboxylic acids is 2. The van der Waals surface area contributed by atoms with Crippen molar-refractivity contribution in [1.82, 2.24) is 4.90 Å². The second-order valence-corrected chi connectivity index (χ2v) is 7.50. The lowest BCUT2D eigenvalue weighted by Gasteiger charge is -2.35. The molecule has 0 spiro atoms. The molecule has 1 amide bonds. The second-order valence-electron chi connectivity index (χ2n) is 6.08. The van der Waals surface area contributed by atoms with Gasteiger partial charge in [0.25, 0.3) is 0 Å². The number of esters is 1. The van der Waals surface area contributed by atoms with Gasteiger partial charge in [0.1, 0.15) is 0 Å². The van der Waals surface area contributed by atoms with E-state index in [1.165, 1.54) is 18.9 Å². The van der Waals surface area contributed by atoms with Gasteiger partial charge in [-0.15, -0.1) is 11.8 Å². The third kappa shape index (κ3) is 4.22. The maximum absolute atomic E-state index is 12.8. The zero-order chi connectivity index (χ0) is 18.5. The number of hydrogen-bond donors (Lipinski definition) is 0. The van der Waals surface area contributed by atoms with E-state index >= 15 is 0 Å². The Morgan fingerprint density at radius 1 is 1.19 bits per heavy atom. The van der Waals surface area contributed by atoms with E-state index in [4.69, 9.17) is 16.3 Å². The molecule has 1 heterocycles. The molecule has 6 heteroatoms. The smallest absolute Gasteiger partial charge is 0.333 e. The van der Waals surface area contributed by atoms with Crippen molar-refractivity contribution in [2.24, 2.45) is 0 Å². The molecule has 4 nitrogen and oxygen atoms in total. The number of ether oxygens (including phenoxy) is 1. The minimum absolute atomic E-state index is 0.0473. The SMILES string of the molecule is COC(=O)[C@H]1c2ccccc2CCN1C(=O)CSCc1ccc(Cl)cc1. The van der Waals surface area contributed by atoms with E-state index in [0.717, 1.165) is 28.9 Å². The van der Waals surface area contributed by atoms with Gasteiger partial charge in [-0.05, 0) is 35.2 Å². The molecule has 0 N–H and O–H groups in total. The molecule has 2 aromatic rings. The van der Waals surface area contributed by atoms with Crippen LogP contribution >= 0.6 is 23.4 Å². The van der Waals surface area contributed by atoms with Crippen LogP contribution in [-0.4, -0.2) is 36.2 Å². The molecule has 1 atom stereocenters. The van der Waals surface area contributed by atoms with Gasteiger partial charge in [-0.25, -0.2) is 4.79 Å². The van der Waals surface area contributed by atoms with Crippen LogP contribution in [0.5, 0.6) is 0 Å². The number of carbonyl (C=O) groups is 2. The van der Waals surface area contributed by atoms with E-state index in [0.29, 0.717) is 17.3 Å². The summed E-state index contributed by atoms with van der Waals surface area (Å²) in [6.45, 7) is 0.525. The number of halogens is 1. The molecule has 26 heavy (non-hydrogen) atoms.